The van der Waals surface area contributed by atoms with Crippen LogP contribution < -0.4 is 14.8 Å². The number of nitrogens with one attached hydrogen (secondary N) is 2. The first-order valence-corrected chi connectivity index (χ1v) is 10.8. The Labute approximate surface area is 175 Å². The molecule has 3 rings (SSSR count). The lowest BCUT2D eigenvalue weighted by Crippen LogP contribution is -2.59. The molecule has 0 saturated heterocycles. The number of nitrogens with zero attached hydrogens (tertiary/aromatic N) is 3. The Hall–Kier alpha value is -3.24. The van der Waals surface area contributed by atoms with Gasteiger partial charge in [-0.1, -0.05) is 42.5 Å². The molecule has 0 aliphatic rings. The van der Waals surface area contributed by atoms with E-state index in [1.807, 2.05) is 6.07 Å². The van der Waals surface area contributed by atoms with Gasteiger partial charge in [0.1, 0.15) is 36.2 Å². The summed E-state index contributed by atoms with van der Waals surface area (Å²) in [7, 11) is -2.38. The van der Waals surface area contributed by atoms with Crippen LogP contribution in [-0.4, -0.2) is 48.3 Å². The predicted molar refractivity (Wildman–Crippen MR) is 112 cm³/mol. The van der Waals surface area contributed by atoms with Gasteiger partial charge in [-0.25, -0.2) is 18.1 Å². The van der Waals surface area contributed by atoms with E-state index in [1.165, 1.54) is 31.3 Å². The van der Waals surface area contributed by atoms with E-state index in [9.17, 15) is 13.2 Å². The first kappa shape index (κ1) is 21.5. The molecule has 2 N–H and O–H groups in total. The van der Waals surface area contributed by atoms with Crippen LogP contribution in [0.15, 0.2) is 67.3 Å². The van der Waals surface area contributed by atoms with Crippen LogP contribution in [0.3, 0.4) is 0 Å². The number of likely N-dealkylation sites (N-methyl/N-ethyl adjacent to an activating group) is 1. The lowest BCUT2D eigenvalue weighted by molar-refractivity contribution is -0.126. The Morgan fingerprint density at radius 1 is 1.13 bits per heavy atom. The molecule has 0 aliphatic heterocycles. The van der Waals surface area contributed by atoms with Gasteiger partial charge >= 0.3 is 0 Å². The van der Waals surface area contributed by atoms with Crippen molar-refractivity contribution in [1.82, 2.24) is 24.8 Å². The van der Waals surface area contributed by atoms with E-state index in [1.54, 1.807) is 48.5 Å². The summed E-state index contributed by atoms with van der Waals surface area (Å²) >= 11 is 0. The number of para-hydroxylation sites is 2. The summed E-state index contributed by atoms with van der Waals surface area (Å²) in [5.41, 5.74) is -0.305. The SMILES string of the molecule is CNC(=O)C(C)(COc1ccccc1-n1cncn1)NS(=O)(=O)Cc1ccccc1. The van der Waals surface area contributed by atoms with E-state index in [4.69, 9.17) is 4.74 Å². The average molecular weight is 430 g/mol. The summed E-state index contributed by atoms with van der Waals surface area (Å²) in [5.74, 6) is -0.339. The minimum Gasteiger partial charge on any atom is -0.489 e. The number of carbonyl (C=O) groups is 1. The second-order valence-electron chi connectivity index (χ2n) is 6.85. The summed E-state index contributed by atoms with van der Waals surface area (Å²) in [6.45, 7) is 1.25. The topological polar surface area (TPSA) is 115 Å². The molecule has 1 heterocycles. The molecule has 1 atom stereocenters. The lowest BCUT2D eigenvalue weighted by Gasteiger charge is -2.29. The van der Waals surface area contributed by atoms with Crippen molar-refractivity contribution >= 4 is 15.9 Å². The Kier molecular flexibility index (Phi) is 6.48. The number of amides is 1. The van der Waals surface area contributed by atoms with Crippen molar-refractivity contribution in [1.29, 1.82) is 0 Å². The molecule has 0 radical (unpaired) electrons. The van der Waals surface area contributed by atoms with Crippen LogP contribution in [0.5, 0.6) is 5.75 Å². The molecule has 1 amide bonds. The van der Waals surface area contributed by atoms with Crippen LogP contribution in [0.1, 0.15) is 12.5 Å². The summed E-state index contributed by atoms with van der Waals surface area (Å²) in [6, 6.07) is 15.8. The highest BCUT2D eigenvalue weighted by molar-refractivity contribution is 7.88. The first-order chi connectivity index (χ1) is 14.3. The van der Waals surface area contributed by atoms with E-state index in [-0.39, 0.29) is 12.4 Å². The highest BCUT2D eigenvalue weighted by atomic mass is 32.2. The van der Waals surface area contributed by atoms with Crippen LogP contribution in [-0.2, 0) is 20.6 Å². The van der Waals surface area contributed by atoms with Gasteiger partial charge in [-0.3, -0.25) is 4.79 Å². The van der Waals surface area contributed by atoms with Gasteiger partial charge in [0, 0.05) is 7.05 Å². The van der Waals surface area contributed by atoms with Crippen molar-refractivity contribution < 1.29 is 17.9 Å². The van der Waals surface area contributed by atoms with Gasteiger partial charge in [-0.15, -0.1) is 0 Å². The van der Waals surface area contributed by atoms with Crippen LogP contribution in [0.2, 0.25) is 0 Å². The van der Waals surface area contributed by atoms with Crippen molar-refractivity contribution in [3.05, 3.63) is 72.8 Å². The number of rotatable bonds is 9. The van der Waals surface area contributed by atoms with Crippen LogP contribution >= 0.6 is 0 Å². The molecular formula is C20H23N5O4S. The third-order valence-corrected chi connectivity index (χ3v) is 5.83. The van der Waals surface area contributed by atoms with Gasteiger partial charge < -0.3 is 10.1 Å². The second-order valence-corrected chi connectivity index (χ2v) is 8.58. The maximum atomic E-state index is 12.7. The zero-order chi connectivity index (χ0) is 21.6. The smallest absolute Gasteiger partial charge is 0.244 e. The van der Waals surface area contributed by atoms with Gasteiger partial charge in [-0.05, 0) is 24.6 Å². The molecule has 1 unspecified atom stereocenters. The van der Waals surface area contributed by atoms with Crippen LogP contribution in [0.25, 0.3) is 5.69 Å². The molecule has 1 aromatic heterocycles. The molecule has 3 aromatic rings. The fourth-order valence-electron chi connectivity index (χ4n) is 2.91. The molecule has 0 fully saturated rings. The van der Waals surface area contributed by atoms with Crippen LogP contribution in [0.4, 0.5) is 0 Å². The van der Waals surface area contributed by atoms with E-state index < -0.39 is 21.5 Å². The number of aromatic nitrogens is 3. The zero-order valence-corrected chi connectivity index (χ0v) is 17.5. The standard InChI is InChI=1S/C20H23N5O4S/c1-20(19(26)21-2,24-30(27,28)12-16-8-4-3-5-9-16)13-29-18-11-7-6-10-17(18)25-15-22-14-23-25/h3-11,14-15,24H,12-13H2,1-2H3,(H,21,26). The summed E-state index contributed by atoms with van der Waals surface area (Å²) in [6.07, 6.45) is 2.91. The summed E-state index contributed by atoms with van der Waals surface area (Å²) < 4.78 is 35.3. The van der Waals surface area contributed by atoms with E-state index >= 15 is 0 Å². The minimum absolute atomic E-state index is 0.230. The normalized spacial score (nSPS) is 13.4. The first-order valence-electron chi connectivity index (χ1n) is 9.17. The number of carbonyl (C=O) groups excluding carboxylic acids is 1. The molecular weight excluding hydrogens is 406 g/mol. The Balaban J connectivity index is 1.80. The summed E-state index contributed by atoms with van der Waals surface area (Å²) in [5, 5.41) is 6.58. The second kappa shape index (κ2) is 9.06. The Bertz CT molecular complexity index is 1090. The fraction of sp³-hybridized carbons (Fsp3) is 0.250. The molecule has 10 heteroatoms. The van der Waals surface area contributed by atoms with Gasteiger partial charge in [0.25, 0.3) is 0 Å². The number of hydrogen-bond acceptors (Lipinski definition) is 6. The van der Waals surface area contributed by atoms with Crippen molar-refractivity contribution in [3.63, 3.8) is 0 Å². The number of ether oxygens (including phenoxy) is 1. The maximum absolute atomic E-state index is 12.7. The molecule has 2 aromatic carbocycles. The van der Waals surface area contributed by atoms with Crippen molar-refractivity contribution in [2.45, 2.75) is 18.2 Å². The number of benzene rings is 2. The zero-order valence-electron chi connectivity index (χ0n) is 16.6. The van der Waals surface area contributed by atoms with Crippen LogP contribution in [0, 0.1) is 0 Å². The Morgan fingerprint density at radius 2 is 1.83 bits per heavy atom. The molecule has 0 aliphatic carbocycles. The quantitative estimate of drug-likeness (QED) is 0.529. The molecule has 0 saturated carbocycles. The van der Waals surface area contributed by atoms with Crippen molar-refractivity contribution in [2.75, 3.05) is 13.7 Å². The van der Waals surface area contributed by atoms with Gasteiger partial charge in [0.05, 0.1) is 5.75 Å². The molecule has 0 bridgehead atoms. The van der Waals surface area contributed by atoms with E-state index in [2.05, 4.69) is 20.1 Å². The number of sulfonamides is 1. The molecule has 9 nitrogen and oxygen atoms in total. The minimum atomic E-state index is -3.82. The summed E-state index contributed by atoms with van der Waals surface area (Å²) in [4.78, 5) is 16.5. The van der Waals surface area contributed by atoms with Crippen molar-refractivity contribution in [2.24, 2.45) is 0 Å². The van der Waals surface area contributed by atoms with Crippen molar-refractivity contribution in [3.8, 4) is 11.4 Å². The maximum Gasteiger partial charge on any atom is 0.244 e. The molecule has 30 heavy (non-hydrogen) atoms. The van der Waals surface area contributed by atoms with E-state index in [0.717, 1.165) is 0 Å². The predicted octanol–water partition coefficient (Wildman–Crippen LogP) is 1.27. The highest BCUT2D eigenvalue weighted by Gasteiger charge is 2.38. The lowest BCUT2D eigenvalue weighted by atomic mass is 10.0. The number of hydrogen-bond donors (Lipinski definition) is 2. The molecule has 158 valence electrons. The third-order valence-electron chi connectivity index (χ3n) is 4.36. The third kappa shape index (κ3) is 5.22. The van der Waals surface area contributed by atoms with Gasteiger partial charge in [0.15, 0.2) is 0 Å². The fourth-order valence-corrected chi connectivity index (χ4v) is 4.45. The van der Waals surface area contributed by atoms with Gasteiger partial charge in [0.2, 0.25) is 15.9 Å². The monoisotopic (exact) mass is 429 g/mol. The Morgan fingerprint density at radius 3 is 2.50 bits per heavy atom. The average Bonchev–Trinajstić information content (AvgIpc) is 3.26. The van der Waals surface area contributed by atoms with Gasteiger partial charge in [-0.2, -0.15) is 9.82 Å². The largest absolute Gasteiger partial charge is 0.489 e. The highest BCUT2D eigenvalue weighted by Crippen LogP contribution is 2.23. The van der Waals surface area contributed by atoms with E-state index in [0.29, 0.717) is 17.0 Å². The molecule has 0 spiro atoms.